The van der Waals surface area contributed by atoms with Gasteiger partial charge in [-0.15, -0.1) is 0 Å². The number of nitrogens with two attached hydrogens (primary N) is 1. The summed E-state index contributed by atoms with van der Waals surface area (Å²) < 4.78 is 14.0. The summed E-state index contributed by atoms with van der Waals surface area (Å²) >= 11 is 5.94. The Bertz CT molecular complexity index is 1270. The van der Waals surface area contributed by atoms with Crippen LogP contribution in [-0.4, -0.2) is 16.8 Å². The zero-order valence-electron chi connectivity index (χ0n) is 17.9. The molecule has 3 rings (SSSR count). The second kappa shape index (κ2) is 10.1. The number of aryl methyl sites for hydroxylation is 1. The number of nitrogens with zero attached hydrogens (tertiary/aromatic N) is 2. The number of rotatable bonds is 6. The van der Waals surface area contributed by atoms with E-state index < -0.39 is 17.6 Å². The Hall–Kier alpha value is -3.96. The molecule has 0 aliphatic carbocycles. The summed E-state index contributed by atoms with van der Waals surface area (Å²) in [5.41, 5.74) is 7.98. The summed E-state index contributed by atoms with van der Waals surface area (Å²) in [4.78, 5) is 29.4. The molecule has 0 spiro atoms. The number of halogens is 2. The van der Waals surface area contributed by atoms with Crippen LogP contribution in [-0.2, 0) is 6.42 Å². The van der Waals surface area contributed by atoms with Crippen LogP contribution in [0, 0.1) is 30.0 Å². The minimum atomic E-state index is -0.567. The third-order valence-electron chi connectivity index (χ3n) is 4.85. The van der Waals surface area contributed by atoms with Crippen molar-refractivity contribution >= 4 is 40.6 Å². The quantitative estimate of drug-likeness (QED) is 0.474. The van der Waals surface area contributed by atoms with Gasteiger partial charge in [-0.2, -0.15) is 5.26 Å². The molecule has 0 saturated carbocycles. The van der Waals surface area contributed by atoms with Gasteiger partial charge in [-0.25, -0.2) is 9.37 Å². The van der Waals surface area contributed by atoms with Gasteiger partial charge in [0.05, 0.1) is 23.0 Å². The molecule has 0 bridgehead atoms. The van der Waals surface area contributed by atoms with Gasteiger partial charge in [0.25, 0.3) is 11.8 Å². The molecule has 0 aliphatic rings. The lowest BCUT2D eigenvalue weighted by molar-refractivity contribution is 0.101. The molecule has 1 unspecified atom stereocenters. The maximum Gasteiger partial charge on any atom is 0.256 e. The molecular formula is C24H21ClFN5O2. The zero-order valence-corrected chi connectivity index (χ0v) is 18.7. The Morgan fingerprint density at radius 3 is 2.58 bits per heavy atom. The number of nitrogens with one attached hydrogen (secondary N) is 2. The number of hydrogen-bond acceptors (Lipinski definition) is 5. The van der Waals surface area contributed by atoms with Crippen molar-refractivity contribution in [1.82, 2.24) is 4.98 Å². The van der Waals surface area contributed by atoms with Crippen LogP contribution in [0.1, 0.15) is 38.8 Å². The standard InChI is InChI=1S/C24H21ClFN5O2/c1-13(11-27)5-15-6-16(8-17(26)7-15)23(32)30-18-4-3-14(2)20(9-18)24(33)31-19-10-21(25)22(28)29-12-19/h3-4,6-10,12-13H,5H2,1-2H3,(H2,28,29)(H,30,32)(H,31,33). The van der Waals surface area contributed by atoms with Crippen LogP contribution in [0.4, 0.5) is 21.6 Å². The number of carbonyl (C=O) groups is 2. The number of nitrogen functional groups attached to an aromatic ring is 1. The van der Waals surface area contributed by atoms with Crippen molar-refractivity contribution in [3.63, 3.8) is 0 Å². The fraction of sp³-hybridized carbons (Fsp3) is 0.167. The second-order valence-electron chi connectivity index (χ2n) is 7.61. The predicted octanol–water partition coefficient (Wildman–Crippen LogP) is 4.97. The van der Waals surface area contributed by atoms with Crippen molar-refractivity contribution in [3.8, 4) is 6.07 Å². The molecule has 0 radical (unpaired) electrons. The highest BCUT2D eigenvalue weighted by molar-refractivity contribution is 6.33. The molecule has 2 amide bonds. The molecule has 1 heterocycles. The fourth-order valence-corrected chi connectivity index (χ4v) is 3.33. The first kappa shape index (κ1) is 23.7. The molecule has 0 aliphatic heterocycles. The number of pyridine rings is 1. The number of nitriles is 1. The molecule has 0 fully saturated rings. The van der Waals surface area contributed by atoms with E-state index in [1.165, 1.54) is 24.4 Å². The van der Waals surface area contributed by atoms with Crippen molar-refractivity contribution in [2.24, 2.45) is 5.92 Å². The molecule has 168 valence electrons. The average Bonchev–Trinajstić information content (AvgIpc) is 2.77. The first-order valence-electron chi connectivity index (χ1n) is 9.99. The summed E-state index contributed by atoms with van der Waals surface area (Å²) in [5, 5.41) is 14.6. The van der Waals surface area contributed by atoms with Gasteiger partial charge in [-0.1, -0.05) is 17.7 Å². The van der Waals surface area contributed by atoms with Gasteiger partial charge in [0.2, 0.25) is 0 Å². The van der Waals surface area contributed by atoms with Crippen LogP contribution in [0.15, 0.2) is 48.7 Å². The number of aromatic nitrogens is 1. The van der Waals surface area contributed by atoms with E-state index in [-0.39, 0.29) is 22.3 Å². The van der Waals surface area contributed by atoms with E-state index in [2.05, 4.69) is 21.7 Å². The highest BCUT2D eigenvalue weighted by atomic mass is 35.5. The highest BCUT2D eigenvalue weighted by Gasteiger charge is 2.15. The van der Waals surface area contributed by atoms with E-state index in [1.54, 1.807) is 32.0 Å². The summed E-state index contributed by atoms with van der Waals surface area (Å²) in [6.45, 7) is 3.47. The van der Waals surface area contributed by atoms with E-state index >= 15 is 0 Å². The van der Waals surface area contributed by atoms with Crippen molar-refractivity contribution in [1.29, 1.82) is 5.26 Å². The number of anilines is 3. The van der Waals surface area contributed by atoms with Crippen LogP contribution in [0.5, 0.6) is 0 Å². The smallest absolute Gasteiger partial charge is 0.256 e. The Kier molecular flexibility index (Phi) is 7.26. The minimum absolute atomic E-state index is 0.115. The Morgan fingerprint density at radius 2 is 1.88 bits per heavy atom. The lowest BCUT2D eigenvalue weighted by Gasteiger charge is -2.12. The number of benzene rings is 2. The SMILES string of the molecule is Cc1ccc(NC(=O)c2cc(F)cc(CC(C)C#N)c2)cc1C(=O)Nc1cnc(N)c(Cl)c1. The maximum atomic E-state index is 14.0. The predicted molar refractivity (Wildman–Crippen MR) is 126 cm³/mol. The fourth-order valence-electron chi connectivity index (χ4n) is 3.16. The molecular weight excluding hydrogens is 445 g/mol. The van der Waals surface area contributed by atoms with Crippen LogP contribution in [0.2, 0.25) is 5.02 Å². The normalized spacial score (nSPS) is 11.4. The lowest BCUT2D eigenvalue weighted by atomic mass is 10.00. The summed E-state index contributed by atoms with van der Waals surface area (Å²) in [6, 6.07) is 12.4. The molecule has 4 N–H and O–H groups in total. The number of carbonyl (C=O) groups excluding carboxylic acids is 2. The molecule has 2 aromatic carbocycles. The van der Waals surface area contributed by atoms with Crippen LogP contribution >= 0.6 is 11.6 Å². The third kappa shape index (κ3) is 6.05. The first-order valence-corrected chi connectivity index (χ1v) is 10.4. The second-order valence-corrected chi connectivity index (χ2v) is 8.02. The van der Waals surface area contributed by atoms with Crippen molar-refractivity contribution < 1.29 is 14.0 Å². The zero-order chi connectivity index (χ0) is 24.1. The van der Waals surface area contributed by atoms with Crippen molar-refractivity contribution in [2.75, 3.05) is 16.4 Å². The van der Waals surface area contributed by atoms with E-state index in [0.717, 1.165) is 6.07 Å². The van der Waals surface area contributed by atoms with E-state index in [1.807, 2.05) is 0 Å². The van der Waals surface area contributed by atoms with E-state index in [9.17, 15) is 14.0 Å². The molecule has 0 saturated heterocycles. The van der Waals surface area contributed by atoms with Gasteiger partial charge >= 0.3 is 0 Å². The Balaban J connectivity index is 1.79. The maximum absolute atomic E-state index is 14.0. The largest absolute Gasteiger partial charge is 0.382 e. The molecule has 3 aromatic rings. The first-order chi connectivity index (χ1) is 15.7. The van der Waals surface area contributed by atoms with Crippen LogP contribution in [0.25, 0.3) is 0 Å². The Labute approximate surface area is 195 Å². The van der Waals surface area contributed by atoms with Gasteiger partial charge < -0.3 is 16.4 Å². The van der Waals surface area contributed by atoms with E-state index in [4.69, 9.17) is 22.6 Å². The molecule has 1 atom stereocenters. The van der Waals surface area contributed by atoms with Crippen LogP contribution < -0.4 is 16.4 Å². The molecule has 9 heteroatoms. The topological polar surface area (TPSA) is 121 Å². The van der Waals surface area contributed by atoms with Gasteiger partial charge in [-0.05, 0) is 67.8 Å². The monoisotopic (exact) mass is 465 g/mol. The Morgan fingerprint density at radius 1 is 1.15 bits per heavy atom. The number of amides is 2. The van der Waals surface area contributed by atoms with Crippen LogP contribution in [0.3, 0.4) is 0 Å². The minimum Gasteiger partial charge on any atom is -0.382 e. The molecule has 7 nitrogen and oxygen atoms in total. The van der Waals surface area contributed by atoms with E-state index in [0.29, 0.717) is 34.5 Å². The molecule has 1 aromatic heterocycles. The average molecular weight is 466 g/mol. The van der Waals surface area contributed by atoms with Crippen molar-refractivity contribution in [2.45, 2.75) is 20.3 Å². The van der Waals surface area contributed by atoms with Gasteiger partial charge in [0, 0.05) is 22.7 Å². The summed E-state index contributed by atoms with van der Waals surface area (Å²) in [6.07, 6.45) is 1.71. The number of hydrogen-bond donors (Lipinski definition) is 3. The molecule has 33 heavy (non-hydrogen) atoms. The highest BCUT2D eigenvalue weighted by Crippen LogP contribution is 2.22. The lowest BCUT2D eigenvalue weighted by Crippen LogP contribution is -2.16. The van der Waals surface area contributed by atoms with Crippen molar-refractivity contribution in [3.05, 3.63) is 81.8 Å². The van der Waals surface area contributed by atoms with Gasteiger partial charge in [0.1, 0.15) is 11.6 Å². The summed E-state index contributed by atoms with van der Waals surface area (Å²) in [5.74, 6) is -1.69. The van der Waals surface area contributed by atoms with Gasteiger partial charge in [-0.3, -0.25) is 9.59 Å². The van der Waals surface area contributed by atoms with Gasteiger partial charge in [0.15, 0.2) is 0 Å². The third-order valence-corrected chi connectivity index (χ3v) is 5.15. The summed E-state index contributed by atoms with van der Waals surface area (Å²) in [7, 11) is 0.